The number of halogens is 1. The molecule has 0 atom stereocenters. The van der Waals surface area contributed by atoms with Crippen molar-refractivity contribution in [1.29, 1.82) is 0 Å². The first-order valence-corrected chi connectivity index (χ1v) is 15.9. The third-order valence-corrected chi connectivity index (χ3v) is 9.90. The van der Waals surface area contributed by atoms with Crippen LogP contribution in [-0.2, 0) is 0 Å². The maximum Gasteiger partial charge on any atom is 0.180 e. The molecule has 1 N–H and O–H groups in total. The van der Waals surface area contributed by atoms with Gasteiger partial charge in [0.15, 0.2) is 5.75 Å². The molecule has 0 unspecified atom stereocenters. The number of fused-ring (bicyclic) bond motifs is 5. The Morgan fingerprint density at radius 1 is 0.609 bits per heavy atom. The largest absolute Gasteiger partial charge is 0.505 e. The van der Waals surface area contributed by atoms with Gasteiger partial charge in [0.1, 0.15) is 33.7 Å². The molecule has 0 aliphatic heterocycles. The van der Waals surface area contributed by atoms with Gasteiger partial charge in [0.25, 0.3) is 0 Å². The summed E-state index contributed by atoms with van der Waals surface area (Å²) in [6, 6.07) is 38.7. The second kappa shape index (κ2) is 10.5. The minimum Gasteiger partial charge on any atom is -0.505 e. The van der Waals surface area contributed by atoms with Gasteiger partial charge in [-0.2, -0.15) is 0 Å². The van der Waals surface area contributed by atoms with Crippen LogP contribution in [-0.4, -0.2) is 20.1 Å². The number of nitrogens with zero attached hydrogens (tertiary/aromatic N) is 3. The molecule has 9 rings (SSSR count). The van der Waals surface area contributed by atoms with E-state index < -0.39 is 0 Å². The number of phenolic OH excluding ortho intramolecular Hbond substituents is 1. The number of aromatic hydroxyl groups is 1. The fourth-order valence-electron chi connectivity index (χ4n) is 6.61. The zero-order chi connectivity index (χ0) is 30.8. The molecule has 0 saturated heterocycles. The summed E-state index contributed by atoms with van der Waals surface area (Å²) < 4.78 is 6.70. The zero-order valence-corrected chi connectivity index (χ0v) is 25.7. The van der Waals surface area contributed by atoms with Gasteiger partial charge < -0.3 is 9.40 Å². The Morgan fingerprint density at radius 2 is 1.26 bits per heavy atom. The second-order valence-electron chi connectivity index (χ2n) is 11.2. The van der Waals surface area contributed by atoms with Crippen LogP contribution >= 0.6 is 23.2 Å². The number of hydrogen-bond donors (Lipinski definition) is 1. The van der Waals surface area contributed by atoms with E-state index in [9.17, 15) is 5.11 Å². The van der Waals surface area contributed by atoms with Gasteiger partial charge in [-0.15, -0.1) is 11.3 Å². The molecule has 0 saturated carbocycles. The monoisotopic (exact) mass is 631 g/mol. The standard InChI is InChI=1S/C39H22ClN3O2S/c40-45-38-29(18-14-23-8-6-20-42-36(23)38)33-25-9-1-2-10-26(25)34(28-17-13-22-7-5-19-41-35(22)37(28)44)30-21-24(15-16-27(30)33)39-43-31-11-3-4-12-32(31)46-39/h1-21,44H. The molecule has 9 aromatic rings. The van der Waals surface area contributed by atoms with Gasteiger partial charge in [0.2, 0.25) is 0 Å². The number of rotatable bonds is 4. The van der Waals surface area contributed by atoms with E-state index in [1.807, 2.05) is 78.9 Å². The lowest BCUT2D eigenvalue weighted by Crippen LogP contribution is -1.94. The first-order valence-electron chi connectivity index (χ1n) is 14.8. The molecule has 3 aromatic heterocycles. The van der Waals surface area contributed by atoms with Gasteiger partial charge >= 0.3 is 0 Å². The van der Waals surface area contributed by atoms with Crippen molar-refractivity contribution in [2.75, 3.05) is 0 Å². The fourth-order valence-corrected chi connectivity index (χ4v) is 7.73. The highest BCUT2D eigenvalue weighted by atomic mass is 35.5. The van der Waals surface area contributed by atoms with Crippen LogP contribution in [0.4, 0.5) is 0 Å². The molecule has 0 spiro atoms. The van der Waals surface area contributed by atoms with E-state index in [1.165, 1.54) is 0 Å². The number of thiazole rings is 1. The van der Waals surface area contributed by atoms with Gasteiger partial charge in [0, 0.05) is 51.0 Å². The summed E-state index contributed by atoms with van der Waals surface area (Å²) in [5.74, 6) is 0.634. The third kappa shape index (κ3) is 4.04. The summed E-state index contributed by atoms with van der Waals surface area (Å²) in [5, 5.41) is 18.4. The van der Waals surface area contributed by atoms with E-state index in [4.69, 9.17) is 21.1 Å². The van der Waals surface area contributed by atoms with Gasteiger partial charge in [-0.1, -0.05) is 72.8 Å². The summed E-state index contributed by atoms with van der Waals surface area (Å²) in [5.41, 5.74) is 6.60. The van der Waals surface area contributed by atoms with E-state index in [0.29, 0.717) is 22.3 Å². The van der Waals surface area contributed by atoms with Crippen molar-refractivity contribution in [3.8, 4) is 44.3 Å². The predicted molar refractivity (Wildman–Crippen MR) is 190 cm³/mol. The summed E-state index contributed by atoms with van der Waals surface area (Å²) >= 11 is 7.88. The number of aromatic nitrogens is 3. The van der Waals surface area contributed by atoms with Crippen molar-refractivity contribution < 1.29 is 9.40 Å². The van der Waals surface area contributed by atoms with Crippen LogP contribution < -0.4 is 4.29 Å². The smallest absolute Gasteiger partial charge is 0.180 e. The molecule has 46 heavy (non-hydrogen) atoms. The second-order valence-corrected chi connectivity index (χ2v) is 12.4. The summed E-state index contributed by atoms with van der Waals surface area (Å²) in [4.78, 5) is 14.1. The first kappa shape index (κ1) is 26.8. The van der Waals surface area contributed by atoms with Crippen LogP contribution in [0.3, 0.4) is 0 Å². The van der Waals surface area contributed by atoms with Crippen LogP contribution in [0.5, 0.6) is 11.5 Å². The molecule has 0 aliphatic rings. The first-order chi connectivity index (χ1) is 22.7. The highest BCUT2D eigenvalue weighted by Gasteiger charge is 2.23. The quantitative estimate of drug-likeness (QED) is 0.196. The molecular weight excluding hydrogens is 610 g/mol. The Bertz CT molecular complexity index is 2640. The Balaban J connectivity index is 1.44. The average molecular weight is 632 g/mol. The van der Waals surface area contributed by atoms with E-state index in [1.54, 1.807) is 23.7 Å². The van der Waals surface area contributed by atoms with E-state index in [0.717, 1.165) is 69.8 Å². The maximum atomic E-state index is 11.8. The lowest BCUT2D eigenvalue weighted by atomic mass is 9.84. The number of pyridine rings is 2. The highest BCUT2D eigenvalue weighted by Crippen LogP contribution is 2.50. The van der Waals surface area contributed by atoms with Crippen LogP contribution in [0.25, 0.3) is 86.4 Å². The molecule has 5 nitrogen and oxygen atoms in total. The van der Waals surface area contributed by atoms with Crippen LogP contribution in [0.1, 0.15) is 0 Å². The SMILES string of the molecule is Oc1c(-c2c3ccccc3c(-c3ccc4cccnc4c3OCl)c3ccc(-c4nc5ccccc5s4)cc23)ccc2cccnc12. The normalized spacial score (nSPS) is 11.7. The van der Waals surface area contributed by atoms with Crippen LogP contribution in [0.15, 0.2) is 128 Å². The summed E-state index contributed by atoms with van der Waals surface area (Å²) in [6.45, 7) is 0. The summed E-state index contributed by atoms with van der Waals surface area (Å²) in [7, 11) is 0. The average Bonchev–Trinajstić information content (AvgIpc) is 3.55. The Labute approximate surface area is 272 Å². The topological polar surface area (TPSA) is 68.1 Å². The Hall–Kier alpha value is -5.56. The Morgan fingerprint density at radius 3 is 2.02 bits per heavy atom. The number of para-hydroxylation sites is 1. The number of phenols is 1. The van der Waals surface area contributed by atoms with Crippen molar-refractivity contribution in [2.45, 2.75) is 0 Å². The molecule has 0 amide bonds. The molecule has 7 heteroatoms. The maximum absolute atomic E-state index is 11.8. The molecule has 0 radical (unpaired) electrons. The van der Waals surface area contributed by atoms with Crippen molar-refractivity contribution in [1.82, 2.24) is 15.0 Å². The number of hydrogen-bond acceptors (Lipinski definition) is 6. The van der Waals surface area contributed by atoms with Crippen molar-refractivity contribution in [2.24, 2.45) is 0 Å². The minimum absolute atomic E-state index is 0.141. The van der Waals surface area contributed by atoms with Crippen LogP contribution in [0.2, 0.25) is 0 Å². The highest BCUT2D eigenvalue weighted by molar-refractivity contribution is 7.21. The molecule has 0 aliphatic carbocycles. The molecule has 218 valence electrons. The molecule has 6 aromatic carbocycles. The van der Waals surface area contributed by atoms with Gasteiger partial charge in [-0.05, 0) is 64.0 Å². The molecule has 0 bridgehead atoms. The minimum atomic E-state index is 0.141. The molecular formula is C39H22ClN3O2S. The number of benzene rings is 6. The van der Waals surface area contributed by atoms with E-state index in [-0.39, 0.29) is 5.75 Å². The molecule has 3 heterocycles. The van der Waals surface area contributed by atoms with Crippen molar-refractivity contribution in [3.63, 3.8) is 0 Å². The van der Waals surface area contributed by atoms with E-state index in [2.05, 4.69) is 46.4 Å². The lowest BCUT2D eigenvalue weighted by molar-refractivity contribution is 0.482. The van der Waals surface area contributed by atoms with Crippen LogP contribution in [0, 0.1) is 0 Å². The van der Waals surface area contributed by atoms with Gasteiger partial charge in [-0.3, -0.25) is 9.97 Å². The van der Waals surface area contributed by atoms with Crippen molar-refractivity contribution >= 4 is 76.8 Å². The van der Waals surface area contributed by atoms with E-state index >= 15 is 0 Å². The van der Waals surface area contributed by atoms with Gasteiger partial charge in [0.05, 0.1) is 10.2 Å². The van der Waals surface area contributed by atoms with Crippen molar-refractivity contribution in [3.05, 3.63) is 128 Å². The zero-order valence-electron chi connectivity index (χ0n) is 24.1. The fraction of sp³-hybridized carbons (Fsp3) is 0. The predicted octanol–water partition coefficient (Wildman–Crippen LogP) is 10.9. The summed E-state index contributed by atoms with van der Waals surface area (Å²) in [6.07, 6.45) is 3.45. The lowest BCUT2D eigenvalue weighted by Gasteiger charge is -2.20. The third-order valence-electron chi connectivity index (χ3n) is 8.66. The van der Waals surface area contributed by atoms with Gasteiger partial charge in [-0.25, -0.2) is 4.98 Å². The molecule has 0 fully saturated rings. The Kier molecular flexibility index (Phi) is 6.13.